The molecule has 1 amide bonds. The number of aromatic nitrogens is 3. The number of carbonyl (C=O) groups is 1. The molecule has 0 spiro atoms. The van der Waals surface area contributed by atoms with Crippen LogP contribution in [0.3, 0.4) is 0 Å². The topological polar surface area (TPSA) is 63.1 Å². The highest BCUT2D eigenvalue weighted by Crippen LogP contribution is 2.17. The molecule has 1 saturated heterocycles. The first-order chi connectivity index (χ1) is 10.8. The molecule has 0 aliphatic carbocycles. The number of piperidine rings is 1. The minimum atomic E-state index is -0.0250. The predicted octanol–water partition coefficient (Wildman–Crippen LogP) is 1.34. The molecule has 1 fully saturated rings. The van der Waals surface area contributed by atoms with Crippen LogP contribution < -0.4 is 5.32 Å². The first kappa shape index (κ1) is 14.7. The number of carbonyl (C=O) groups excluding carboxylic acids is 1. The monoisotopic (exact) mass is 299 g/mol. The van der Waals surface area contributed by atoms with Crippen molar-refractivity contribution < 1.29 is 4.79 Å². The summed E-state index contributed by atoms with van der Waals surface area (Å²) in [5.74, 6) is 0.495. The van der Waals surface area contributed by atoms with Crippen molar-refractivity contribution in [1.29, 1.82) is 0 Å². The Morgan fingerprint density at radius 2 is 2.18 bits per heavy atom. The average Bonchev–Trinajstić information content (AvgIpc) is 3.05. The van der Waals surface area contributed by atoms with Gasteiger partial charge >= 0.3 is 0 Å². The molecule has 1 atom stereocenters. The molecule has 6 nitrogen and oxygen atoms in total. The summed E-state index contributed by atoms with van der Waals surface area (Å²) >= 11 is 0. The van der Waals surface area contributed by atoms with Gasteiger partial charge in [-0.1, -0.05) is 18.2 Å². The van der Waals surface area contributed by atoms with E-state index in [0.29, 0.717) is 11.6 Å². The minimum absolute atomic E-state index is 0.0250. The summed E-state index contributed by atoms with van der Waals surface area (Å²) in [7, 11) is 1.95. The quantitative estimate of drug-likeness (QED) is 0.925. The van der Waals surface area contributed by atoms with E-state index in [9.17, 15) is 4.79 Å². The maximum Gasteiger partial charge on any atom is 0.276 e. The van der Waals surface area contributed by atoms with E-state index in [1.807, 2.05) is 42.3 Å². The van der Waals surface area contributed by atoms with E-state index in [2.05, 4.69) is 15.5 Å². The van der Waals surface area contributed by atoms with Gasteiger partial charge in [-0.3, -0.25) is 4.79 Å². The number of hydrogen-bond donors (Lipinski definition) is 1. The van der Waals surface area contributed by atoms with Crippen molar-refractivity contribution in [3.63, 3.8) is 0 Å². The van der Waals surface area contributed by atoms with Gasteiger partial charge in [0.2, 0.25) is 0 Å². The molecule has 116 valence electrons. The highest BCUT2D eigenvalue weighted by atomic mass is 16.2. The Hall–Kier alpha value is -2.21. The molecule has 1 aromatic heterocycles. The van der Waals surface area contributed by atoms with Crippen LogP contribution in [0.5, 0.6) is 0 Å². The highest BCUT2D eigenvalue weighted by molar-refractivity contribution is 5.92. The van der Waals surface area contributed by atoms with Gasteiger partial charge in [-0.15, -0.1) is 5.10 Å². The fourth-order valence-corrected chi connectivity index (χ4v) is 2.91. The highest BCUT2D eigenvalue weighted by Gasteiger charge is 2.25. The zero-order valence-corrected chi connectivity index (χ0v) is 12.8. The average molecular weight is 299 g/mol. The van der Waals surface area contributed by atoms with Crippen molar-refractivity contribution in [2.24, 2.45) is 5.92 Å². The lowest BCUT2D eigenvalue weighted by Gasteiger charge is -2.32. The lowest BCUT2D eigenvalue weighted by Crippen LogP contribution is -2.42. The largest absolute Gasteiger partial charge is 0.337 e. The molecule has 22 heavy (non-hydrogen) atoms. The summed E-state index contributed by atoms with van der Waals surface area (Å²) in [4.78, 5) is 16.0. The van der Waals surface area contributed by atoms with Gasteiger partial charge in [0.05, 0.1) is 11.9 Å². The fourth-order valence-electron chi connectivity index (χ4n) is 2.91. The van der Waals surface area contributed by atoms with Crippen molar-refractivity contribution in [3.05, 3.63) is 42.2 Å². The normalized spacial score (nSPS) is 18.4. The molecule has 1 aromatic carbocycles. The number of benzene rings is 1. The van der Waals surface area contributed by atoms with E-state index in [1.54, 1.807) is 6.20 Å². The first-order valence-electron chi connectivity index (χ1n) is 7.69. The van der Waals surface area contributed by atoms with Crippen LogP contribution in [-0.4, -0.2) is 52.5 Å². The maximum absolute atomic E-state index is 12.6. The van der Waals surface area contributed by atoms with Crippen molar-refractivity contribution in [2.75, 3.05) is 26.7 Å². The van der Waals surface area contributed by atoms with Crippen molar-refractivity contribution in [1.82, 2.24) is 25.2 Å². The second-order valence-corrected chi connectivity index (χ2v) is 5.67. The third kappa shape index (κ3) is 3.17. The van der Waals surface area contributed by atoms with Crippen LogP contribution >= 0.6 is 0 Å². The summed E-state index contributed by atoms with van der Waals surface area (Å²) in [6.07, 6.45) is 3.77. The van der Waals surface area contributed by atoms with Gasteiger partial charge in [0.1, 0.15) is 0 Å². The number of rotatable bonds is 4. The van der Waals surface area contributed by atoms with Gasteiger partial charge < -0.3 is 10.2 Å². The van der Waals surface area contributed by atoms with Gasteiger partial charge in [-0.05, 0) is 44.5 Å². The molecular weight excluding hydrogens is 278 g/mol. The number of nitrogens with one attached hydrogen (secondary N) is 1. The van der Waals surface area contributed by atoms with Crippen LogP contribution in [0.1, 0.15) is 23.3 Å². The standard InChI is InChI=1S/C16H21N5O/c1-17-10-13-6-5-9-20(12-13)16(22)15-11-18-21(19-15)14-7-3-2-4-8-14/h2-4,7-8,11,13,17H,5-6,9-10,12H2,1H3. The summed E-state index contributed by atoms with van der Waals surface area (Å²) in [5, 5.41) is 11.7. The van der Waals surface area contributed by atoms with E-state index in [4.69, 9.17) is 0 Å². The van der Waals surface area contributed by atoms with Crippen molar-refractivity contribution in [2.45, 2.75) is 12.8 Å². The van der Waals surface area contributed by atoms with Crippen LogP contribution in [0.4, 0.5) is 0 Å². The Labute approximate surface area is 130 Å². The Bertz CT molecular complexity index is 622. The second kappa shape index (κ2) is 6.70. The molecule has 1 N–H and O–H groups in total. The van der Waals surface area contributed by atoms with Crippen LogP contribution in [0.15, 0.2) is 36.5 Å². The second-order valence-electron chi connectivity index (χ2n) is 5.67. The van der Waals surface area contributed by atoms with E-state index in [1.165, 1.54) is 11.2 Å². The summed E-state index contributed by atoms with van der Waals surface area (Å²) < 4.78 is 0. The molecule has 1 aliphatic heterocycles. The van der Waals surface area contributed by atoms with Gasteiger partial charge in [0.25, 0.3) is 5.91 Å². The molecule has 2 heterocycles. The summed E-state index contributed by atoms with van der Waals surface area (Å²) in [6.45, 7) is 2.54. The zero-order chi connectivity index (χ0) is 15.4. The third-order valence-corrected chi connectivity index (χ3v) is 4.00. The van der Waals surface area contributed by atoms with Crippen molar-refractivity contribution in [3.8, 4) is 5.69 Å². The van der Waals surface area contributed by atoms with E-state index < -0.39 is 0 Å². The SMILES string of the molecule is CNCC1CCCN(C(=O)c2cnn(-c3ccccc3)n2)C1. The number of amides is 1. The minimum Gasteiger partial charge on any atom is -0.337 e. The molecule has 1 unspecified atom stereocenters. The molecular formula is C16H21N5O. The van der Waals surface area contributed by atoms with Crippen LogP contribution in [0, 0.1) is 5.92 Å². The van der Waals surface area contributed by atoms with Gasteiger partial charge in [0, 0.05) is 13.1 Å². The third-order valence-electron chi connectivity index (χ3n) is 4.00. The number of hydrogen-bond acceptors (Lipinski definition) is 4. The zero-order valence-electron chi connectivity index (χ0n) is 12.8. The maximum atomic E-state index is 12.6. The number of para-hydroxylation sites is 1. The van der Waals surface area contributed by atoms with E-state index in [0.717, 1.165) is 31.7 Å². The Morgan fingerprint density at radius 3 is 2.95 bits per heavy atom. The summed E-state index contributed by atoms with van der Waals surface area (Å²) in [5.41, 5.74) is 1.27. The fraction of sp³-hybridized carbons (Fsp3) is 0.438. The molecule has 0 bridgehead atoms. The smallest absolute Gasteiger partial charge is 0.276 e. The van der Waals surface area contributed by atoms with E-state index >= 15 is 0 Å². The molecule has 6 heteroatoms. The molecule has 3 rings (SSSR count). The van der Waals surface area contributed by atoms with Gasteiger partial charge in [-0.25, -0.2) is 0 Å². The van der Waals surface area contributed by atoms with Crippen LogP contribution in [0.2, 0.25) is 0 Å². The molecule has 0 radical (unpaired) electrons. The number of nitrogens with zero attached hydrogens (tertiary/aromatic N) is 4. The molecule has 1 aliphatic rings. The Balaban J connectivity index is 1.71. The Kier molecular flexibility index (Phi) is 4.48. The predicted molar refractivity (Wildman–Crippen MR) is 83.9 cm³/mol. The molecule has 0 saturated carbocycles. The lowest BCUT2D eigenvalue weighted by molar-refractivity contribution is 0.0668. The van der Waals surface area contributed by atoms with Gasteiger partial charge in [0.15, 0.2) is 5.69 Å². The van der Waals surface area contributed by atoms with Crippen molar-refractivity contribution >= 4 is 5.91 Å². The van der Waals surface area contributed by atoms with Gasteiger partial charge in [-0.2, -0.15) is 9.90 Å². The molecule has 2 aromatic rings. The number of likely N-dealkylation sites (tertiary alicyclic amines) is 1. The lowest BCUT2D eigenvalue weighted by atomic mass is 9.98. The first-order valence-corrected chi connectivity index (χ1v) is 7.69. The summed E-state index contributed by atoms with van der Waals surface area (Å²) in [6, 6.07) is 9.62. The van der Waals surface area contributed by atoms with Crippen LogP contribution in [0.25, 0.3) is 5.69 Å². The van der Waals surface area contributed by atoms with E-state index in [-0.39, 0.29) is 5.91 Å². The Morgan fingerprint density at radius 1 is 1.36 bits per heavy atom. The van der Waals surface area contributed by atoms with Crippen LogP contribution in [-0.2, 0) is 0 Å².